The highest BCUT2D eigenvalue weighted by molar-refractivity contribution is 6.30. The quantitative estimate of drug-likeness (QED) is 0.681. The van der Waals surface area contributed by atoms with Crippen LogP contribution in [0, 0.1) is 6.92 Å². The van der Waals surface area contributed by atoms with Crippen LogP contribution in [0.25, 0.3) is 11.3 Å². The first kappa shape index (κ1) is 19.4. The lowest BCUT2D eigenvalue weighted by molar-refractivity contribution is 0.0682. The van der Waals surface area contributed by atoms with Gasteiger partial charge in [0.2, 0.25) is 0 Å². The number of hydrogen-bond acceptors (Lipinski definition) is 4. The number of ether oxygens (including phenoxy) is 1. The van der Waals surface area contributed by atoms with Crippen molar-refractivity contribution in [3.8, 4) is 11.3 Å². The molecule has 3 aromatic rings. The molecular weight excluding hydrogens is 402 g/mol. The van der Waals surface area contributed by atoms with Gasteiger partial charge in [-0.3, -0.25) is 9.48 Å². The SMILES string of the molecule is Cc1c(C(=O)NC2CCOCC2)oc2c1-c1nn(Cc3ccc(Cl)cc3)cc1CC2. The van der Waals surface area contributed by atoms with Gasteiger partial charge in [-0.15, -0.1) is 0 Å². The molecule has 0 saturated carbocycles. The maximum absolute atomic E-state index is 12.9. The summed E-state index contributed by atoms with van der Waals surface area (Å²) in [4.78, 5) is 12.9. The molecule has 2 aromatic heterocycles. The van der Waals surface area contributed by atoms with E-state index in [1.807, 2.05) is 35.9 Å². The molecule has 3 heterocycles. The van der Waals surface area contributed by atoms with Gasteiger partial charge in [0, 0.05) is 48.0 Å². The maximum atomic E-state index is 12.9. The monoisotopic (exact) mass is 425 g/mol. The van der Waals surface area contributed by atoms with Crippen LogP contribution in [0.1, 0.15) is 45.8 Å². The lowest BCUT2D eigenvalue weighted by Crippen LogP contribution is -2.38. The van der Waals surface area contributed by atoms with Crippen LogP contribution in [0.2, 0.25) is 5.02 Å². The summed E-state index contributed by atoms with van der Waals surface area (Å²) in [5.74, 6) is 1.12. The van der Waals surface area contributed by atoms with Crippen LogP contribution >= 0.6 is 11.6 Å². The van der Waals surface area contributed by atoms with Crippen LogP contribution in [-0.4, -0.2) is 34.9 Å². The number of carbonyl (C=O) groups excluding carboxylic acids is 1. The van der Waals surface area contributed by atoms with Gasteiger partial charge in [-0.1, -0.05) is 23.7 Å². The number of rotatable bonds is 4. The second-order valence-corrected chi connectivity index (χ2v) is 8.48. The van der Waals surface area contributed by atoms with Crippen molar-refractivity contribution in [2.24, 2.45) is 0 Å². The van der Waals surface area contributed by atoms with Crippen molar-refractivity contribution >= 4 is 17.5 Å². The van der Waals surface area contributed by atoms with Crippen molar-refractivity contribution in [3.63, 3.8) is 0 Å². The fourth-order valence-electron chi connectivity index (χ4n) is 4.33. The fraction of sp³-hybridized carbons (Fsp3) is 0.391. The maximum Gasteiger partial charge on any atom is 0.287 e. The molecule has 1 N–H and O–H groups in total. The van der Waals surface area contributed by atoms with Crippen LogP contribution in [0.4, 0.5) is 0 Å². The highest BCUT2D eigenvalue weighted by Crippen LogP contribution is 2.38. The summed E-state index contributed by atoms with van der Waals surface area (Å²) in [7, 11) is 0. The van der Waals surface area contributed by atoms with Gasteiger partial charge < -0.3 is 14.5 Å². The number of amides is 1. The van der Waals surface area contributed by atoms with Crippen LogP contribution in [0.3, 0.4) is 0 Å². The summed E-state index contributed by atoms with van der Waals surface area (Å²) in [5, 5.41) is 8.66. The zero-order valence-corrected chi connectivity index (χ0v) is 17.7. The molecule has 30 heavy (non-hydrogen) atoms. The molecule has 5 rings (SSSR count). The Balaban J connectivity index is 1.40. The average Bonchev–Trinajstić information content (AvgIpc) is 3.30. The first-order chi connectivity index (χ1) is 14.6. The van der Waals surface area contributed by atoms with Crippen molar-refractivity contribution < 1.29 is 13.9 Å². The minimum absolute atomic E-state index is 0.141. The van der Waals surface area contributed by atoms with E-state index in [9.17, 15) is 4.79 Å². The second kappa shape index (κ2) is 7.93. The molecule has 6 nitrogen and oxygen atoms in total. The number of hydrogen-bond donors (Lipinski definition) is 1. The third-order valence-corrected chi connectivity index (χ3v) is 6.19. The number of nitrogens with zero attached hydrogens (tertiary/aromatic N) is 2. The molecule has 0 unspecified atom stereocenters. The first-order valence-corrected chi connectivity index (χ1v) is 10.8. The summed E-state index contributed by atoms with van der Waals surface area (Å²) in [6.45, 7) is 4.00. The topological polar surface area (TPSA) is 69.3 Å². The number of nitrogens with one attached hydrogen (secondary N) is 1. The van der Waals surface area contributed by atoms with E-state index in [0.29, 0.717) is 25.5 Å². The standard InChI is InChI=1S/C23H24ClN3O3/c1-14-20-19(30-22(14)23(28)25-18-8-10-29-11-9-18)7-4-16-13-27(26-21(16)20)12-15-2-5-17(24)6-3-15/h2-3,5-6,13,18H,4,7-12H2,1H3,(H,25,28). The van der Waals surface area contributed by atoms with Gasteiger partial charge in [0.05, 0.1) is 12.2 Å². The smallest absolute Gasteiger partial charge is 0.287 e. The summed E-state index contributed by atoms with van der Waals surface area (Å²) < 4.78 is 13.4. The highest BCUT2D eigenvalue weighted by atomic mass is 35.5. The van der Waals surface area contributed by atoms with Gasteiger partial charge in [0.1, 0.15) is 5.76 Å². The lowest BCUT2D eigenvalue weighted by atomic mass is 9.93. The molecule has 1 fully saturated rings. The molecular formula is C23H24ClN3O3. The Bertz CT molecular complexity index is 1080. The lowest BCUT2D eigenvalue weighted by Gasteiger charge is -2.22. The van der Waals surface area contributed by atoms with E-state index in [0.717, 1.165) is 58.9 Å². The molecule has 1 saturated heterocycles. The fourth-order valence-corrected chi connectivity index (χ4v) is 4.46. The Morgan fingerprint density at radius 3 is 2.77 bits per heavy atom. The number of furan rings is 1. The molecule has 0 bridgehead atoms. The first-order valence-electron chi connectivity index (χ1n) is 10.4. The largest absolute Gasteiger partial charge is 0.455 e. The normalized spacial score (nSPS) is 16.2. The van der Waals surface area contributed by atoms with Crippen molar-refractivity contribution in [1.82, 2.24) is 15.1 Å². The number of aromatic nitrogens is 2. The summed E-state index contributed by atoms with van der Waals surface area (Å²) >= 11 is 5.99. The number of halogens is 1. The van der Waals surface area contributed by atoms with E-state index in [4.69, 9.17) is 25.9 Å². The third kappa shape index (κ3) is 3.66. The molecule has 1 aliphatic heterocycles. The number of benzene rings is 1. The Morgan fingerprint density at radius 1 is 1.23 bits per heavy atom. The van der Waals surface area contributed by atoms with E-state index in [1.165, 1.54) is 5.56 Å². The van der Waals surface area contributed by atoms with E-state index in [1.54, 1.807) is 0 Å². The molecule has 0 radical (unpaired) electrons. The van der Waals surface area contributed by atoms with Crippen LogP contribution in [0.5, 0.6) is 0 Å². The van der Waals surface area contributed by atoms with Gasteiger partial charge in [-0.05, 0) is 49.4 Å². The van der Waals surface area contributed by atoms with Crippen LogP contribution in [-0.2, 0) is 24.1 Å². The Morgan fingerprint density at radius 2 is 2.00 bits per heavy atom. The van der Waals surface area contributed by atoms with Crippen molar-refractivity contribution in [2.45, 2.75) is 45.2 Å². The molecule has 0 spiro atoms. The van der Waals surface area contributed by atoms with Gasteiger partial charge in [-0.2, -0.15) is 5.10 Å². The third-order valence-electron chi connectivity index (χ3n) is 5.94. The van der Waals surface area contributed by atoms with Crippen molar-refractivity contribution in [3.05, 3.63) is 63.7 Å². The Kier molecular flexibility index (Phi) is 5.13. The van der Waals surface area contributed by atoms with Gasteiger partial charge in [0.15, 0.2) is 5.76 Å². The predicted octanol–water partition coefficient (Wildman–Crippen LogP) is 4.16. The number of aryl methyl sites for hydroxylation is 2. The molecule has 0 atom stereocenters. The molecule has 1 aliphatic carbocycles. The van der Waals surface area contributed by atoms with Gasteiger partial charge in [0.25, 0.3) is 5.91 Å². The number of fused-ring (bicyclic) bond motifs is 3. The van der Waals surface area contributed by atoms with Crippen LogP contribution in [0.15, 0.2) is 34.9 Å². The molecule has 2 aliphatic rings. The van der Waals surface area contributed by atoms with E-state index in [2.05, 4.69) is 11.5 Å². The minimum atomic E-state index is -0.143. The Hall–Kier alpha value is -2.57. The summed E-state index contributed by atoms with van der Waals surface area (Å²) in [6, 6.07) is 7.94. The predicted molar refractivity (Wildman–Crippen MR) is 114 cm³/mol. The van der Waals surface area contributed by atoms with Crippen LogP contribution < -0.4 is 5.32 Å². The number of carbonyl (C=O) groups is 1. The Labute approximate surface area is 180 Å². The summed E-state index contributed by atoms with van der Waals surface area (Å²) in [5.41, 5.74) is 5.10. The van der Waals surface area contributed by atoms with Crippen molar-refractivity contribution in [2.75, 3.05) is 13.2 Å². The average molecular weight is 426 g/mol. The molecule has 1 amide bonds. The van der Waals surface area contributed by atoms with E-state index in [-0.39, 0.29) is 11.9 Å². The molecule has 7 heteroatoms. The molecule has 1 aromatic carbocycles. The van der Waals surface area contributed by atoms with E-state index < -0.39 is 0 Å². The minimum Gasteiger partial charge on any atom is -0.455 e. The van der Waals surface area contributed by atoms with Crippen molar-refractivity contribution in [1.29, 1.82) is 0 Å². The van der Waals surface area contributed by atoms with E-state index >= 15 is 0 Å². The second-order valence-electron chi connectivity index (χ2n) is 8.04. The zero-order valence-electron chi connectivity index (χ0n) is 16.9. The summed E-state index contributed by atoms with van der Waals surface area (Å²) in [6.07, 6.45) is 5.41. The zero-order chi connectivity index (χ0) is 20.7. The highest BCUT2D eigenvalue weighted by Gasteiger charge is 2.30. The molecule has 156 valence electrons. The van der Waals surface area contributed by atoms with Gasteiger partial charge >= 0.3 is 0 Å². The van der Waals surface area contributed by atoms with Gasteiger partial charge in [-0.25, -0.2) is 0 Å².